The highest BCUT2D eigenvalue weighted by molar-refractivity contribution is 5.94. The molecular weight excluding hydrogens is 288 g/mol. The second-order valence-electron chi connectivity index (χ2n) is 5.72. The highest BCUT2D eigenvalue weighted by Gasteiger charge is 2.24. The number of benzene rings is 1. The molecule has 120 valence electrons. The van der Waals surface area contributed by atoms with E-state index in [-0.39, 0.29) is 11.9 Å². The summed E-state index contributed by atoms with van der Waals surface area (Å²) < 4.78 is 0. The van der Waals surface area contributed by atoms with Crippen molar-refractivity contribution in [3.8, 4) is 0 Å². The van der Waals surface area contributed by atoms with Gasteiger partial charge in [0.25, 0.3) is 5.91 Å². The maximum Gasteiger partial charge on any atom is 0.251 e. The number of piperazine rings is 1. The minimum absolute atomic E-state index is 0.0492. The molecule has 1 saturated heterocycles. The van der Waals surface area contributed by atoms with Crippen molar-refractivity contribution in [1.82, 2.24) is 20.5 Å². The minimum Gasteiger partial charge on any atom is -0.355 e. The number of aromatic nitrogens is 1. The SMILES string of the molecule is CNC(=O)c1cccc(C2CNCCN2Cc2ccccn2)c1. The Morgan fingerprint density at radius 3 is 3.04 bits per heavy atom. The molecule has 1 unspecified atom stereocenters. The Bertz CT molecular complexity index is 659. The Morgan fingerprint density at radius 1 is 1.35 bits per heavy atom. The molecule has 2 heterocycles. The molecule has 1 aromatic carbocycles. The van der Waals surface area contributed by atoms with Crippen LogP contribution in [0.1, 0.15) is 27.7 Å². The van der Waals surface area contributed by atoms with E-state index in [2.05, 4.69) is 32.7 Å². The van der Waals surface area contributed by atoms with E-state index in [1.807, 2.05) is 36.5 Å². The third kappa shape index (κ3) is 3.75. The molecule has 3 rings (SSSR count). The molecule has 2 aromatic rings. The molecule has 0 aliphatic carbocycles. The third-order valence-electron chi connectivity index (χ3n) is 4.21. The zero-order valence-electron chi connectivity index (χ0n) is 13.3. The summed E-state index contributed by atoms with van der Waals surface area (Å²) in [6, 6.07) is 14.1. The Hall–Kier alpha value is -2.24. The van der Waals surface area contributed by atoms with Crippen molar-refractivity contribution in [2.24, 2.45) is 0 Å². The number of hydrogen-bond acceptors (Lipinski definition) is 4. The minimum atomic E-state index is -0.0492. The average Bonchev–Trinajstić information content (AvgIpc) is 2.62. The first kappa shape index (κ1) is 15.6. The van der Waals surface area contributed by atoms with Crippen molar-refractivity contribution >= 4 is 5.91 Å². The number of amides is 1. The van der Waals surface area contributed by atoms with Crippen LogP contribution < -0.4 is 10.6 Å². The van der Waals surface area contributed by atoms with Crippen LogP contribution >= 0.6 is 0 Å². The lowest BCUT2D eigenvalue weighted by atomic mass is 10.00. The lowest BCUT2D eigenvalue weighted by Crippen LogP contribution is -2.45. The van der Waals surface area contributed by atoms with E-state index < -0.39 is 0 Å². The highest BCUT2D eigenvalue weighted by Crippen LogP contribution is 2.24. The van der Waals surface area contributed by atoms with Crippen LogP contribution in [0.3, 0.4) is 0 Å². The first-order valence-corrected chi connectivity index (χ1v) is 7.94. The lowest BCUT2D eigenvalue weighted by molar-refractivity contribution is 0.0962. The van der Waals surface area contributed by atoms with Gasteiger partial charge in [0.2, 0.25) is 0 Å². The standard InChI is InChI=1S/C18H22N4O/c1-19-18(23)15-6-4-5-14(11-15)17-12-20-9-10-22(17)13-16-7-2-3-8-21-16/h2-8,11,17,20H,9-10,12-13H2,1H3,(H,19,23). The first-order chi connectivity index (χ1) is 11.3. The van der Waals surface area contributed by atoms with Gasteiger partial charge in [0.1, 0.15) is 0 Å². The third-order valence-corrected chi connectivity index (χ3v) is 4.21. The predicted molar refractivity (Wildman–Crippen MR) is 90.1 cm³/mol. The number of nitrogens with one attached hydrogen (secondary N) is 2. The van der Waals surface area contributed by atoms with Gasteiger partial charge in [-0.3, -0.25) is 14.7 Å². The molecule has 2 N–H and O–H groups in total. The maximum atomic E-state index is 11.9. The Labute approximate surface area is 136 Å². The van der Waals surface area contributed by atoms with Gasteiger partial charge < -0.3 is 10.6 Å². The number of nitrogens with zero attached hydrogens (tertiary/aromatic N) is 2. The molecular formula is C18H22N4O. The molecule has 0 radical (unpaired) electrons. The maximum absolute atomic E-state index is 11.9. The molecule has 1 aromatic heterocycles. The number of hydrogen-bond donors (Lipinski definition) is 2. The number of pyridine rings is 1. The Balaban J connectivity index is 1.82. The van der Waals surface area contributed by atoms with Crippen LogP contribution in [0.2, 0.25) is 0 Å². The van der Waals surface area contributed by atoms with E-state index in [9.17, 15) is 4.79 Å². The molecule has 1 amide bonds. The molecule has 0 spiro atoms. The fourth-order valence-corrected chi connectivity index (χ4v) is 3.00. The summed E-state index contributed by atoms with van der Waals surface area (Å²) in [7, 11) is 1.66. The molecule has 0 saturated carbocycles. The summed E-state index contributed by atoms with van der Waals surface area (Å²) in [6.45, 7) is 3.63. The van der Waals surface area contributed by atoms with Crippen molar-refractivity contribution in [2.75, 3.05) is 26.7 Å². The van der Waals surface area contributed by atoms with Gasteiger partial charge >= 0.3 is 0 Å². The van der Waals surface area contributed by atoms with Crippen LogP contribution in [0, 0.1) is 0 Å². The smallest absolute Gasteiger partial charge is 0.251 e. The van der Waals surface area contributed by atoms with Gasteiger partial charge in [-0.2, -0.15) is 0 Å². The number of rotatable bonds is 4. The molecule has 23 heavy (non-hydrogen) atoms. The molecule has 1 aliphatic heterocycles. The second-order valence-corrected chi connectivity index (χ2v) is 5.72. The van der Waals surface area contributed by atoms with Crippen LogP contribution in [-0.4, -0.2) is 42.5 Å². The zero-order valence-corrected chi connectivity index (χ0v) is 13.3. The Morgan fingerprint density at radius 2 is 2.26 bits per heavy atom. The van der Waals surface area contributed by atoms with Gasteiger partial charge in [0.15, 0.2) is 0 Å². The summed E-state index contributed by atoms with van der Waals surface area (Å²) in [4.78, 5) is 18.7. The summed E-state index contributed by atoms with van der Waals surface area (Å²) in [5.41, 5.74) is 2.93. The molecule has 5 heteroatoms. The van der Waals surface area contributed by atoms with Crippen molar-refractivity contribution in [3.63, 3.8) is 0 Å². The van der Waals surface area contributed by atoms with E-state index in [0.29, 0.717) is 5.56 Å². The fraction of sp³-hybridized carbons (Fsp3) is 0.333. The normalized spacial score (nSPS) is 18.6. The summed E-state index contributed by atoms with van der Waals surface area (Å²) >= 11 is 0. The zero-order chi connectivity index (χ0) is 16.1. The van der Waals surface area contributed by atoms with Gasteiger partial charge in [-0.1, -0.05) is 18.2 Å². The van der Waals surface area contributed by atoms with Crippen LogP contribution in [0.5, 0.6) is 0 Å². The summed E-state index contributed by atoms with van der Waals surface area (Å²) in [6.07, 6.45) is 1.83. The summed E-state index contributed by atoms with van der Waals surface area (Å²) in [5, 5.41) is 6.13. The number of carbonyl (C=O) groups excluding carboxylic acids is 1. The van der Waals surface area contributed by atoms with E-state index in [0.717, 1.165) is 37.4 Å². The van der Waals surface area contributed by atoms with Gasteiger partial charge in [-0.25, -0.2) is 0 Å². The van der Waals surface area contributed by atoms with Crippen LogP contribution in [-0.2, 0) is 6.54 Å². The molecule has 5 nitrogen and oxygen atoms in total. The van der Waals surface area contributed by atoms with Gasteiger partial charge in [-0.15, -0.1) is 0 Å². The van der Waals surface area contributed by atoms with Gasteiger partial charge in [0, 0.05) is 51.0 Å². The average molecular weight is 310 g/mol. The summed E-state index contributed by atoms with van der Waals surface area (Å²) in [5.74, 6) is -0.0492. The lowest BCUT2D eigenvalue weighted by Gasteiger charge is -2.36. The molecule has 1 atom stereocenters. The van der Waals surface area contributed by atoms with Gasteiger partial charge in [-0.05, 0) is 29.8 Å². The van der Waals surface area contributed by atoms with Crippen molar-refractivity contribution in [1.29, 1.82) is 0 Å². The monoisotopic (exact) mass is 310 g/mol. The van der Waals surface area contributed by atoms with Crippen LogP contribution in [0.15, 0.2) is 48.7 Å². The van der Waals surface area contributed by atoms with Crippen molar-refractivity contribution in [2.45, 2.75) is 12.6 Å². The number of carbonyl (C=O) groups is 1. The highest BCUT2D eigenvalue weighted by atomic mass is 16.1. The van der Waals surface area contributed by atoms with Crippen LogP contribution in [0.4, 0.5) is 0 Å². The van der Waals surface area contributed by atoms with Crippen LogP contribution in [0.25, 0.3) is 0 Å². The van der Waals surface area contributed by atoms with E-state index in [4.69, 9.17) is 0 Å². The molecule has 0 bridgehead atoms. The van der Waals surface area contributed by atoms with Gasteiger partial charge in [0.05, 0.1) is 5.69 Å². The largest absolute Gasteiger partial charge is 0.355 e. The Kier molecular flexibility index (Phi) is 5.00. The first-order valence-electron chi connectivity index (χ1n) is 7.94. The van der Waals surface area contributed by atoms with E-state index in [1.54, 1.807) is 7.05 Å². The molecule has 1 aliphatic rings. The van der Waals surface area contributed by atoms with E-state index >= 15 is 0 Å². The topological polar surface area (TPSA) is 57.3 Å². The second kappa shape index (κ2) is 7.35. The van der Waals surface area contributed by atoms with Crippen molar-refractivity contribution in [3.05, 3.63) is 65.5 Å². The van der Waals surface area contributed by atoms with E-state index in [1.165, 1.54) is 0 Å². The van der Waals surface area contributed by atoms with Crippen molar-refractivity contribution < 1.29 is 4.79 Å². The predicted octanol–water partition coefficient (Wildman–Crippen LogP) is 1.59. The fourth-order valence-electron chi connectivity index (χ4n) is 3.00. The molecule has 1 fully saturated rings. The quantitative estimate of drug-likeness (QED) is 0.900.